The number of carbonyl (C=O) groups is 1. The molecule has 0 saturated heterocycles. The van der Waals surface area contributed by atoms with Crippen molar-refractivity contribution in [3.63, 3.8) is 0 Å². The van der Waals surface area contributed by atoms with Crippen molar-refractivity contribution in [3.05, 3.63) is 53.1 Å². The van der Waals surface area contributed by atoms with Crippen molar-refractivity contribution in [2.24, 2.45) is 0 Å². The molecule has 0 aliphatic rings. The van der Waals surface area contributed by atoms with Crippen molar-refractivity contribution in [1.29, 1.82) is 0 Å². The number of amides is 1. The Bertz CT molecular complexity index is 707. The number of aromatic nitrogens is 1. The van der Waals surface area contributed by atoms with E-state index in [4.69, 9.17) is 0 Å². The summed E-state index contributed by atoms with van der Waals surface area (Å²) in [5.74, 6) is -13.0. The second-order valence-electron chi connectivity index (χ2n) is 3.79. The number of nitrogens with one attached hydrogen (secondary N) is 1. The number of rotatable bonds is 2. The van der Waals surface area contributed by atoms with Gasteiger partial charge in [0.15, 0.2) is 23.3 Å². The first kappa shape index (κ1) is 14.7. The number of hydrogen-bond donors (Lipinski definition) is 2. The summed E-state index contributed by atoms with van der Waals surface area (Å²) < 4.78 is 65.5. The van der Waals surface area contributed by atoms with Gasteiger partial charge in [0.1, 0.15) is 11.4 Å². The minimum atomic E-state index is -2.34. The molecule has 0 aliphatic carbocycles. The summed E-state index contributed by atoms with van der Waals surface area (Å²) in [5.41, 5.74) is -1.96. The summed E-state index contributed by atoms with van der Waals surface area (Å²) in [7, 11) is 0. The van der Waals surface area contributed by atoms with Gasteiger partial charge >= 0.3 is 0 Å². The second-order valence-corrected chi connectivity index (χ2v) is 3.79. The van der Waals surface area contributed by atoms with E-state index in [-0.39, 0.29) is 0 Å². The van der Waals surface area contributed by atoms with E-state index in [9.17, 15) is 31.9 Å². The van der Waals surface area contributed by atoms with Gasteiger partial charge in [-0.3, -0.25) is 9.78 Å². The Labute approximate surface area is 113 Å². The molecule has 9 heteroatoms. The van der Waals surface area contributed by atoms with E-state index in [2.05, 4.69) is 4.98 Å². The van der Waals surface area contributed by atoms with Gasteiger partial charge in [-0.1, -0.05) is 0 Å². The van der Waals surface area contributed by atoms with Gasteiger partial charge in [0.25, 0.3) is 5.91 Å². The zero-order valence-electron chi connectivity index (χ0n) is 9.92. The Balaban J connectivity index is 2.46. The zero-order chi connectivity index (χ0) is 15.7. The molecule has 1 heterocycles. The van der Waals surface area contributed by atoms with Crippen molar-refractivity contribution >= 4 is 11.6 Å². The highest BCUT2D eigenvalue weighted by atomic mass is 19.2. The highest BCUT2D eigenvalue weighted by molar-refractivity contribution is 6.06. The molecular weight excluding hydrogens is 299 g/mol. The number of benzene rings is 1. The van der Waals surface area contributed by atoms with Gasteiger partial charge in [-0.25, -0.2) is 22.0 Å². The smallest absolute Gasteiger partial charge is 0.259 e. The largest absolute Gasteiger partial charge is 0.505 e. The number of halogens is 5. The SMILES string of the molecule is O=C(Nc1c(F)c(F)c(F)c(F)c1F)c1ccncc1O. The molecule has 0 radical (unpaired) electrons. The van der Waals surface area contributed by atoms with Gasteiger partial charge in [0, 0.05) is 6.20 Å². The lowest BCUT2D eigenvalue weighted by Crippen LogP contribution is -2.17. The van der Waals surface area contributed by atoms with E-state index >= 15 is 0 Å². The van der Waals surface area contributed by atoms with Crippen molar-refractivity contribution in [2.75, 3.05) is 5.32 Å². The minimum Gasteiger partial charge on any atom is -0.505 e. The number of hydrogen-bond acceptors (Lipinski definition) is 3. The van der Waals surface area contributed by atoms with E-state index in [0.29, 0.717) is 0 Å². The van der Waals surface area contributed by atoms with Gasteiger partial charge in [0.05, 0.1) is 11.8 Å². The maximum absolute atomic E-state index is 13.4. The summed E-state index contributed by atoms with van der Waals surface area (Å²) >= 11 is 0. The molecule has 1 amide bonds. The van der Waals surface area contributed by atoms with Crippen LogP contribution in [0.5, 0.6) is 5.75 Å². The maximum Gasteiger partial charge on any atom is 0.259 e. The van der Waals surface area contributed by atoms with Crippen molar-refractivity contribution in [3.8, 4) is 5.75 Å². The first-order valence-corrected chi connectivity index (χ1v) is 5.30. The molecule has 21 heavy (non-hydrogen) atoms. The molecule has 110 valence electrons. The molecule has 4 nitrogen and oxygen atoms in total. The summed E-state index contributed by atoms with van der Waals surface area (Å²) in [6.45, 7) is 0. The molecule has 0 fully saturated rings. The lowest BCUT2D eigenvalue weighted by Gasteiger charge is -2.10. The Hall–Kier alpha value is -2.71. The highest BCUT2D eigenvalue weighted by Gasteiger charge is 2.27. The van der Waals surface area contributed by atoms with Gasteiger partial charge in [-0.2, -0.15) is 0 Å². The number of nitrogens with zero attached hydrogens (tertiary/aromatic N) is 1. The molecular formula is C12H5F5N2O2. The zero-order valence-corrected chi connectivity index (χ0v) is 9.92. The molecule has 1 aromatic carbocycles. The van der Waals surface area contributed by atoms with E-state index in [1.165, 1.54) is 5.32 Å². The molecule has 2 rings (SSSR count). The van der Waals surface area contributed by atoms with Crippen molar-refractivity contribution in [1.82, 2.24) is 4.98 Å². The third-order valence-corrected chi connectivity index (χ3v) is 2.49. The average molecular weight is 304 g/mol. The monoisotopic (exact) mass is 304 g/mol. The maximum atomic E-state index is 13.4. The van der Waals surface area contributed by atoms with Crippen LogP contribution in [0.2, 0.25) is 0 Å². The fourth-order valence-corrected chi connectivity index (χ4v) is 1.47. The Morgan fingerprint density at radius 1 is 1.00 bits per heavy atom. The van der Waals surface area contributed by atoms with Crippen molar-refractivity contribution in [2.45, 2.75) is 0 Å². The minimum absolute atomic E-state index is 0.450. The summed E-state index contributed by atoms with van der Waals surface area (Å²) in [6, 6.07) is 0.997. The Kier molecular flexibility index (Phi) is 3.74. The van der Waals surface area contributed by atoms with Crippen LogP contribution in [0.3, 0.4) is 0 Å². The first-order valence-electron chi connectivity index (χ1n) is 5.30. The van der Waals surface area contributed by atoms with Crippen LogP contribution in [0.4, 0.5) is 27.6 Å². The fourth-order valence-electron chi connectivity index (χ4n) is 1.47. The van der Waals surface area contributed by atoms with Crippen LogP contribution in [0.15, 0.2) is 18.5 Å². The number of anilines is 1. The molecule has 0 saturated carbocycles. The van der Waals surface area contributed by atoms with Crippen LogP contribution < -0.4 is 5.32 Å². The predicted molar refractivity (Wildman–Crippen MR) is 60.1 cm³/mol. The second kappa shape index (κ2) is 5.35. The normalized spacial score (nSPS) is 10.5. The van der Waals surface area contributed by atoms with E-state index in [0.717, 1.165) is 18.5 Å². The molecule has 2 aromatic rings. The average Bonchev–Trinajstić information content (AvgIpc) is 2.48. The third-order valence-electron chi connectivity index (χ3n) is 2.49. The number of carbonyl (C=O) groups excluding carboxylic acids is 1. The van der Waals surface area contributed by atoms with Crippen LogP contribution in [-0.4, -0.2) is 16.0 Å². The lowest BCUT2D eigenvalue weighted by atomic mass is 10.2. The van der Waals surface area contributed by atoms with Crippen LogP contribution in [0.25, 0.3) is 0 Å². The van der Waals surface area contributed by atoms with E-state index in [1.807, 2.05) is 0 Å². The summed E-state index contributed by atoms with van der Waals surface area (Å²) in [6.07, 6.45) is 1.96. The Morgan fingerprint density at radius 3 is 2.05 bits per heavy atom. The van der Waals surface area contributed by atoms with Gasteiger partial charge in [-0.15, -0.1) is 0 Å². The van der Waals surface area contributed by atoms with Gasteiger partial charge < -0.3 is 10.4 Å². The number of aromatic hydroxyl groups is 1. The lowest BCUT2D eigenvalue weighted by molar-refractivity contribution is 0.102. The van der Waals surface area contributed by atoms with Crippen LogP contribution >= 0.6 is 0 Å². The van der Waals surface area contributed by atoms with Crippen LogP contribution in [0, 0.1) is 29.1 Å². The molecule has 0 unspecified atom stereocenters. The molecule has 1 aromatic heterocycles. The predicted octanol–water partition coefficient (Wildman–Crippen LogP) is 2.74. The molecule has 0 atom stereocenters. The molecule has 0 spiro atoms. The topological polar surface area (TPSA) is 62.2 Å². The first-order chi connectivity index (χ1) is 9.84. The van der Waals surface area contributed by atoms with E-state index in [1.54, 1.807) is 0 Å². The molecule has 0 bridgehead atoms. The highest BCUT2D eigenvalue weighted by Crippen LogP contribution is 2.28. The van der Waals surface area contributed by atoms with Crippen molar-refractivity contribution < 1.29 is 31.9 Å². The third kappa shape index (κ3) is 2.49. The number of pyridine rings is 1. The summed E-state index contributed by atoms with van der Waals surface area (Å²) in [5, 5.41) is 10.9. The quantitative estimate of drug-likeness (QED) is 0.509. The fraction of sp³-hybridized carbons (Fsp3) is 0. The van der Waals surface area contributed by atoms with E-state index < -0.39 is 52.0 Å². The molecule has 0 aliphatic heterocycles. The molecule has 2 N–H and O–H groups in total. The van der Waals surface area contributed by atoms with Crippen LogP contribution in [0.1, 0.15) is 10.4 Å². The van der Waals surface area contributed by atoms with Gasteiger partial charge in [0.2, 0.25) is 5.82 Å². The standard InChI is InChI=1S/C12H5F5N2O2/c13-6-7(14)9(16)11(10(17)8(6)15)19-12(21)4-1-2-18-3-5(4)20/h1-3,20H,(H,19,21). The van der Waals surface area contributed by atoms with Crippen LogP contribution in [-0.2, 0) is 0 Å². The summed E-state index contributed by atoms with van der Waals surface area (Å²) in [4.78, 5) is 15.1. The Morgan fingerprint density at radius 2 is 1.52 bits per heavy atom. The van der Waals surface area contributed by atoms with Gasteiger partial charge in [-0.05, 0) is 6.07 Å².